The molecular weight excluding hydrogens is 160 g/mol. The Bertz CT molecular complexity index is 169. The summed E-state index contributed by atoms with van der Waals surface area (Å²) in [6.07, 6.45) is 5.66. The number of likely N-dealkylation sites (tertiary alicyclic amines) is 1. The van der Waals surface area contributed by atoms with Gasteiger partial charge in [0.25, 0.3) is 0 Å². The van der Waals surface area contributed by atoms with E-state index in [-0.39, 0.29) is 0 Å². The quantitative estimate of drug-likeness (QED) is 0.695. The van der Waals surface area contributed by atoms with E-state index >= 15 is 0 Å². The second-order valence-corrected chi connectivity index (χ2v) is 4.92. The molecule has 76 valence electrons. The van der Waals surface area contributed by atoms with Gasteiger partial charge in [-0.2, -0.15) is 0 Å². The number of hydrogen-bond donors (Lipinski definition) is 1. The first-order valence-electron chi connectivity index (χ1n) is 5.69. The van der Waals surface area contributed by atoms with Gasteiger partial charge in [0.05, 0.1) is 0 Å². The summed E-state index contributed by atoms with van der Waals surface area (Å²) in [6.45, 7) is 4.88. The number of nitrogens with zero attached hydrogens (tertiary/aromatic N) is 1. The third-order valence-corrected chi connectivity index (χ3v) is 3.72. The van der Waals surface area contributed by atoms with Crippen LogP contribution in [0.1, 0.15) is 32.6 Å². The van der Waals surface area contributed by atoms with Crippen LogP contribution in [0, 0.1) is 5.92 Å². The van der Waals surface area contributed by atoms with Gasteiger partial charge in [-0.3, -0.25) is 0 Å². The Kier molecular flexibility index (Phi) is 2.89. The molecule has 0 aromatic carbocycles. The number of hydrogen-bond acceptors (Lipinski definition) is 2. The van der Waals surface area contributed by atoms with E-state index in [0.29, 0.717) is 0 Å². The zero-order valence-corrected chi connectivity index (χ0v) is 8.92. The van der Waals surface area contributed by atoms with Crippen LogP contribution in [-0.4, -0.2) is 37.1 Å². The Labute approximate surface area is 81.7 Å². The standard InChI is InChI=1S/C11H22N2/c1-9-6-10(8-12-9)7-11-4-3-5-13(11)2/h9-12H,3-8H2,1-2H3. The van der Waals surface area contributed by atoms with Crippen molar-refractivity contribution < 1.29 is 0 Å². The van der Waals surface area contributed by atoms with Crippen molar-refractivity contribution in [1.82, 2.24) is 10.2 Å². The van der Waals surface area contributed by atoms with Crippen LogP contribution in [-0.2, 0) is 0 Å². The molecule has 0 aliphatic carbocycles. The van der Waals surface area contributed by atoms with Crippen LogP contribution in [0.4, 0.5) is 0 Å². The lowest BCUT2D eigenvalue weighted by molar-refractivity contribution is 0.265. The molecule has 2 saturated heterocycles. The average molecular weight is 182 g/mol. The molecule has 0 bridgehead atoms. The lowest BCUT2D eigenvalue weighted by Crippen LogP contribution is -2.27. The van der Waals surface area contributed by atoms with E-state index in [2.05, 4.69) is 24.2 Å². The fourth-order valence-electron chi connectivity index (χ4n) is 2.88. The van der Waals surface area contributed by atoms with Crippen molar-refractivity contribution in [2.75, 3.05) is 20.1 Å². The highest BCUT2D eigenvalue weighted by Gasteiger charge is 2.27. The normalized spacial score (nSPS) is 41.5. The van der Waals surface area contributed by atoms with Gasteiger partial charge in [0.15, 0.2) is 0 Å². The molecule has 3 atom stereocenters. The van der Waals surface area contributed by atoms with E-state index in [4.69, 9.17) is 0 Å². The molecule has 0 aromatic heterocycles. The van der Waals surface area contributed by atoms with Crippen molar-refractivity contribution >= 4 is 0 Å². The summed E-state index contributed by atoms with van der Waals surface area (Å²) in [5.74, 6) is 0.945. The predicted octanol–water partition coefficient (Wildman–Crippen LogP) is 1.47. The minimum Gasteiger partial charge on any atom is -0.314 e. The van der Waals surface area contributed by atoms with Crippen molar-refractivity contribution in [1.29, 1.82) is 0 Å². The first-order chi connectivity index (χ1) is 6.25. The van der Waals surface area contributed by atoms with Crippen LogP contribution in [0.3, 0.4) is 0 Å². The zero-order chi connectivity index (χ0) is 9.26. The smallest absolute Gasteiger partial charge is 0.00958 e. The molecule has 3 unspecified atom stereocenters. The fourth-order valence-corrected chi connectivity index (χ4v) is 2.88. The highest BCUT2D eigenvalue weighted by atomic mass is 15.1. The summed E-state index contributed by atoms with van der Waals surface area (Å²) in [5.41, 5.74) is 0. The van der Waals surface area contributed by atoms with Gasteiger partial charge in [-0.05, 0) is 58.7 Å². The molecule has 2 fully saturated rings. The molecule has 0 saturated carbocycles. The van der Waals surface area contributed by atoms with Gasteiger partial charge in [0.1, 0.15) is 0 Å². The molecule has 2 rings (SSSR count). The molecule has 13 heavy (non-hydrogen) atoms. The Morgan fingerprint density at radius 2 is 2.31 bits per heavy atom. The maximum Gasteiger partial charge on any atom is 0.00958 e. The number of nitrogens with one attached hydrogen (secondary N) is 1. The molecule has 2 heterocycles. The minimum atomic E-state index is 0.761. The van der Waals surface area contributed by atoms with Crippen LogP contribution in [0.2, 0.25) is 0 Å². The van der Waals surface area contributed by atoms with Crippen molar-refractivity contribution in [3.8, 4) is 0 Å². The van der Waals surface area contributed by atoms with Crippen molar-refractivity contribution in [3.05, 3.63) is 0 Å². The Hall–Kier alpha value is -0.0800. The molecule has 1 N–H and O–H groups in total. The first-order valence-corrected chi connectivity index (χ1v) is 5.69. The van der Waals surface area contributed by atoms with Gasteiger partial charge >= 0.3 is 0 Å². The lowest BCUT2D eigenvalue weighted by atomic mass is 9.96. The van der Waals surface area contributed by atoms with Crippen molar-refractivity contribution in [2.45, 2.75) is 44.7 Å². The van der Waals surface area contributed by atoms with Crippen molar-refractivity contribution in [3.63, 3.8) is 0 Å². The van der Waals surface area contributed by atoms with Gasteiger partial charge in [0, 0.05) is 12.1 Å². The third kappa shape index (κ3) is 2.23. The van der Waals surface area contributed by atoms with Gasteiger partial charge in [-0.25, -0.2) is 0 Å². The van der Waals surface area contributed by atoms with E-state index in [0.717, 1.165) is 18.0 Å². The van der Waals surface area contributed by atoms with Gasteiger partial charge in [-0.1, -0.05) is 0 Å². The summed E-state index contributed by atoms with van der Waals surface area (Å²) in [6, 6.07) is 1.65. The maximum absolute atomic E-state index is 3.54. The van der Waals surface area contributed by atoms with Gasteiger partial charge in [0.2, 0.25) is 0 Å². The number of rotatable bonds is 2. The van der Waals surface area contributed by atoms with Crippen molar-refractivity contribution in [2.24, 2.45) is 5.92 Å². The van der Waals surface area contributed by atoms with Gasteiger partial charge < -0.3 is 10.2 Å². The summed E-state index contributed by atoms with van der Waals surface area (Å²) < 4.78 is 0. The lowest BCUT2D eigenvalue weighted by Gasteiger charge is -2.22. The van der Waals surface area contributed by atoms with E-state index in [1.165, 1.54) is 38.8 Å². The van der Waals surface area contributed by atoms with E-state index in [1.807, 2.05) is 0 Å². The molecule has 2 aliphatic rings. The monoisotopic (exact) mass is 182 g/mol. The Morgan fingerprint density at radius 1 is 1.46 bits per heavy atom. The summed E-state index contributed by atoms with van der Waals surface area (Å²) in [7, 11) is 2.28. The first kappa shape index (κ1) is 9.47. The maximum atomic E-state index is 3.54. The fraction of sp³-hybridized carbons (Fsp3) is 1.00. The summed E-state index contributed by atoms with van der Waals surface area (Å²) >= 11 is 0. The molecule has 2 aliphatic heterocycles. The molecule has 0 aromatic rings. The minimum absolute atomic E-state index is 0.761. The topological polar surface area (TPSA) is 15.3 Å². The molecule has 2 nitrogen and oxygen atoms in total. The molecule has 2 heteroatoms. The molecule has 0 spiro atoms. The largest absolute Gasteiger partial charge is 0.314 e. The highest BCUT2D eigenvalue weighted by molar-refractivity contribution is 4.85. The third-order valence-electron chi connectivity index (χ3n) is 3.72. The molecule has 0 amide bonds. The second-order valence-electron chi connectivity index (χ2n) is 4.92. The zero-order valence-electron chi connectivity index (χ0n) is 8.92. The SMILES string of the molecule is CC1CC(CC2CCCN2C)CN1. The average Bonchev–Trinajstić information content (AvgIpc) is 2.64. The Morgan fingerprint density at radius 3 is 2.85 bits per heavy atom. The van der Waals surface area contributed by atoms with Crippen LogP contribution in [0.25, 0.3) is 0 Å². The second kappa shape index (κ2) is 3.97. The predicted molar refractivity (Wildman–Crippen MR) is 55.8 cm³/mol. The van der Waals surface area contributed by atoms with E-state index in [9.17, 15) is 0 Å². The van der Waals surface area contributed by atoms with Crippen LogP contribution in [0.15, 0.2) is 0 Å². The van der Waals surface area contributed by atoms with Crippen LogP contribution < -0.4 is 5.32 Å². The summed E-state index contributed by atoms with van der Waals surface area (Å²) in [4.78, 5) is 2.54. The Balaban J connectivity index is 1.77. The van der Waals surface area contributed by atoms with E-state index < -0.39 is 0 Å². The van der Waals surface area contributed by atoms with E-state index in [1.54, 1.807) is 0 Å². The van der Waals surface area contributed by atoms with Crippen LogP contribution in [0.5, 0.6) is 0 Å². The molecule has 0 radical (unpaired) electrons. The summed E-state index contributed by atoms with van der Waals surface area (Å²) in [5, 5.41) is 3.54. The van der Waals surface area contributed by atoms with Crippen LogP contribution >= 0.6 is 0 Å². The highest BCUT2D eigenvalue weighted by Crippen LogP contribution is 2.26. The molecular formula is C11H22N2. The van der Waals surface area contributed by atoms with Gasteiger partial charge in [-0.15, -0.1) is 0 Å².